The van der Waals surface area contributed by atoms with Crippen molar-refractivity contribution in [2.45, 2.75) is 31.5 Å². The van der Waals surface area contributed by atoms with Gasteiger partial charge >= 0.3 is 6.18 Å². The Balaban J connectivity index is 1.76. The molecular weight excluding hydrogens is 580 g/mol. The number of nitriles is 1. The van der Waals surface area contributed by atoms with E-state index in [2.05, 4.69) is 28.3 Å². The summed E-state index contributed by atoms with van der Waals surface area (Å²) >= 11 is 0. The molecule has 226 valence electrons. The van der Waals surface area contributed by atoms with Gasteiger partial charge in [-0.15, -0.1) is 0 Å². The molecule has 1 aliphatic rings. The minimum Gasteiger partial charge on any atom is -0.496 e. The predicted molar refractivity (Wildman–Crippen MR) is 156 cm³/mol. The van der Waals surface area contributed by atoms with Crippen molar-refractivity contribution in [3.8, 4) is 34.2 Å². The fraction of sp³-hybridized carbons (Fsp3) is 0.226. The van der Waals surface area contributed by atoms with Gasteiger partial charge in [-0.05, 0) is 49.1 Å². The number of nitrogens with one attached hydrogen (secondary N) is 2. The number of rotatable bonds is 7. The van der Waals surface area contributed by atoms with Crippen LogP contribution in [0.5, 0.6) is 5.75 Å². The number of carbonyl (C=O) groups is 2. The quantitative estimate of drug-likeness (QED) is 0.177. The summed E-state index contributed by atoms with van der Waals surface area (Å²) in [6, 6.07) is 11.5. The largest absolute Gasteiger partial charge is 0.496 e. The predicted octanol–water partition coefficient (Wildman–Crippen LogP) is 5.92. The Bertz CT molecular complexity index is 1920. The highest BCUT2D eigenvalue weighted by Gasteiger charge is 2.64. The zero-order chi connectivity index (χ0) is 32.1. The topological polar surface area (TPSA) is 135 Å². The molecule has 13 heteroatoms. The van der Waals surface area contributed by atoms with Gasteiger partial charge in [0.25, 0.3) is 11.8 Å². The zero-order valence-electron chi connectivity index (χ0n) is 23.8. The molecule has 0 aliphatic heterocycles. The van der Waals surface area contributed by atoms with Crippen molar-refractivity contribution in [3.63, 3.8) is 0 Å². The van der Waals surface area contributed by atoms with E-state index in [1.807, 2.05) is 0 Å². The Labute approximate surface area is 248 Å². The van der Waals surface area contributed by atoms with Gasteiger partial charge in [-0.25, -0.2) is 9.37 Å². The molecule has 0 saturated heterocycles. The number of halogens is 4. The fourth-order valence-electron chi connectivity index (χ4n) is 5.27. The first-order valence-electron chi connectivity index (χ1n) is 13.2. The maximum atomic E-state index is 13.7. The molecule has 0 bridgehead atoms. The molecule has 2 aromatic carbocycles. The Hall–Kier alpha value is -5.38. The average molecular weight is 607 g/mol. The SMILES string of the molecule is C=C(F)C(=O)Nc1cc(C)ccc1-c1c(-c2ccc(C(=O)NC3(C(F)(F)F)CC3)c(OC)c2)c2c(N)ncc(C#N)c2n1C. The number of amides is 2. The maximum absolute atomic E-state index is 13.7. The van der Waals surface area contributed by atoms with Crippen LogP contribution in [0.25, 0.3) is 33.3 Å². The lowest BCUT2D eigenvalue weighted by molar-refractivity contribution is -0.163. The molecule has 1 fully saturated rings. The van der Waals surface area contributed by atoms with Crippen LogP contribution in [-0.4, -0.2) is 40.2 Å². The van der Waals surface area contributed by atoms with Crippen LogP contribution in [0.4, 0.5) is 29.1 Å². The first-order chi connectivity index (χ1) is 20.7. The fourth-order valence-corrected chi connectivity index (χ4v) is 5.27. The number of alkyl halides is 3. The smallest absolute Gasteiger partial charge is 0.411 e. The van der Waals surface area contributed by atoms with Crippen LogP contribution < -0.4 is 21.1 Å². The number of carbonyl (C=O) groups excluding carboxylic acids is 2. The van der Waals surface area contributed by atoms with Crippen LogP contribution >= 0.6 is 0 Å². The van der Waals surface area contributed by atoms with Crippen LogP contribution in [-0.2, 0) is 11.8 Å². The number of nitrogens with two attached hydrogens (primary N) is 1. The summed E-state index contributed by atoms with van der Waals surface area (Å²) in [5.74, 6) is -3.17. The monoisotopic (exact) mass is 606 g/mol. The average Bonchev–Trinajstić information content (AvgIpc) is 3.70. The lowest BCUT2D eigenvalue weighted by Gasteiger charge is -2.21. The van der Waals surface area contributed by atoms with Crippen molar-refractivity contribution in [2.24, 2.45) is 7.05 Å². The summed E-state index contributed by atoms with van der Waals surface area (Å²) in [7, 11) is 2.95. The van der Waals surface area contributed by atoms with E-state index in [0.717, 1.165) is 5.56 Å². The Morgan fingerprint density at radius 2 is 1.91 bits per heavy atom. The maximum Gasteiger partial charge on any atom is 0.411 e. The van der Waals surface area contributed by atoms with E-state index in [4.69, 9.17) is 10.5 Å². The minimum atomic E-state index is -4.60. The summed E-state index contributed by atoms with van der Waals surface area (Å²) in [4.78, 5) is 29.5. The Kier molecular flexibility index (Phi) is 7.33. The lowest BCUT2D eigenvalue weighted by Crippen LogP contribution is -2.47. The summed E-state index contributed by atoms with van der Waals surface area (Å²) < 4.78 is 61.5. The number of ether oxygens (including phenoxy) is 1. The van der Waals surface area contributed by atoms with Crippen molar-refractivity contribution in [1.29, 1.82) is 5.26 Å². The number of hydrogen-bond donors (Lipinski definition) is 3. The second-order valence-electron chi connectivity index (χ2n) is 10.5. The molecule has 1 aliphatic carbocycles. The molecule has 4 aromatic rings. The normalized spacial score (nSPS) is 13.7. The van der Waals surface area contributed by atoms with Crippen molar-refractivity contribution in [2.75, 3.05) is 18.2 Å². The third kappa shape index (κ3) is 4.98. The third-order valence-corrected chi connectivity index (χ3v) is 7.66. The van der Waals surface area contributed by atoms with E-state index < -0.39 is 29.4 Å². The molecule has 2 aromatic heterocycles. The molecule has 9 nitrogen and oxygen atoms in total. The number of hydrogen-bond acceptors (Lipinski definition) is 6. The molecule has 2 amide bonds. The van der Waals surface area contributed by atoms with E-state index in [-0.39, 0.29) is 41.2 Å². The molecule has 5 rings (SSSR count). The van der Waals surface area contributed by atoms with E-state index in [1.165, 1.54) is 31.5 Å². The zero-order valence-corrected chi connectivity index (χ0v) is 23.8. The van der Waals surface area contributed by atoms with Crippen LogP contribution in [0.15, 0.2) is 55.0 Å². The van der Waals surface area contributed by atoms with Gasteiger partial charge in [-0.2, -0.15) is 18.4 Å². The molecule has 2 heterocycles. The van der Waals surface area contributed by atoms with Gasteiger partial charge in [-0.1, -0.05) is 24.8 Å². The van der Waals surface area contributed by atoms with Crippen molar-refractivity contribution in [1.82, 2.24) is 14.9 Å². The number of methoxy groups -OCH3 is 1. The molecule has 0 spiro atoms. The minimum absolute atomic E-state index is 0.0185. The Morgan fingerprint density at radius 1 is 1.20 bits per heavy atom. The summed E-state index contributed by atoms with van der Waals surface area (Å²) in [5, 5.41) is 14.9. The summed E-state index contributed by atoms with van der Waals surface area (Å²) in [6.45, 7) is 4.83. The van der Waals surface area contributed by atoms with Crippen molar-refractivity contribution >= 4 is 34.2 Å². The number of aromatic nitrogens is 2. The number of nitrogen functional groups attached to an aromatic ring is 1. The Morgan fingerprint density at radius 3 is 2.50 bits per heavy atom. The number of benzene rings is 2. The molecular formula is C31H26F4N6O3. The standard InChI is InChI=1S/C31H26F4N6O3/c1-15-5-7-19(21(11-15)39-28(42)16(2)32)26-23(24-25(41(26)3)18(13-36)14-38-27(24)37)17-6-8-20(22(12-17)44-4)29(43)40-30(9-10-30)31(33,34)35/h5-8,11-12,14H,2,9-10H2,1,3-4H3,(H2,37,38)(H,39,42)(H,40,43). The summed E-state index contributed by atoms with van der Waals surface area (Å²) in [5.41, 5.74) is 7.21. The molecule has 4 N–H and O–H groups in total. The highest BCUT2D eigenvalue weighted by atomic mass is 19.4. The first kappa shape index (κ1) is 30.1. The number of pyridine rings is 1. The second-order valence-corrected chi connectivity index (χ2v) is 10.5. The van der Waals surface area contributed by atoms with Gasteiger partial charge in [0.15, 0.2) is 5.83 Å². The highest BCUT2D eigenvalue weighted by Crippen LogP contribution is 2.50. The van der Waals surface area contributed by atoms with Gasteiger partial charge in [-0.3, -0.25) is 9.59 Å². The van der Waals surface area contributed by atoms with Gasteiger partial charge < -0.3 is 25.7 Å². The number of aryl methyl sites for hydroxylation is 2. The van der Waals surface area contributed by atoms with Crippen molar-refractivity contribution in [3.05, 3.63) is 71.7 Å². The van der Waals surface area contributed by atoms with Gasteiger partial charge in [0.1, 0.15) is 23.2 Å². The molecule has 0 atom stereocenters. The van der Waals surface area contributed by atoms with E-state index >= 15 is 0 Å². The van der Waals surface area contributed by atoms with E-state index in [9.17, 15) is 32.4 Å². The van der Waals surface area contributed by atoms with Crippen LogP contribution in [0, 0.1) is 18.3 Å². The molecule has 44 heavy (non-hydrogen) atoms. The third-order valence-electron chi connectivity index (χ3n) is 7.66. The van der Waals surface area contributed by atoms with Gasteiger partial charge in [0.2, 0.25) is 0 Å². The lowest BCUT2D eigenvalue weighted by atomic mass is 9.95. The molecule has 0 radical (unpaired) electrons. The molecule has 1 saturated carbocycles. The van der Waals surface area contributed by atoms with Gasteiger partial charge in [0.05, 0.1) is 40.5 Å². The van der Waals surface area contributed by atoms with Crippen LogP contribution in [0.3, 0.4) is 0 Å². The number of nitrogens with zero attached hydrogens (tertiary/aromatic N) is 3. The molecule has 0 unspecified atom stereocenters. The van der Waals surface area contributed by atoms with Crippen LogP contribution in [0.2, 0.25) is 0 Å². The van der Waals surface area contributed by atoms with E-state index in [0.29, 0.717) is 33.3 Å². The van der Waals surface area contributed by atoms with Crippen LogP contribution in [0.1, 0.15) is 34.3 Å². The number of fused-ring (bicyclic) bond motifs is 1. The highest BCUT2D eigenvalue weighted by molar-refractivity contribution is 6.13. The number of anilines is 2. The first-order valence-corrected chi connectivity index (χ1v) is 13.2. The van der Waals surface area contributed by atoms with Crippen molar-refractivity contribution < 1.29 is 31.9 Å². The van der Waals surface area contributed by atoms with E-state index in [1.54, 1.807) is 36.7 Å². The van der Waals surface area contributed by atoms with Gasteiger partial charge in [0, 0.05) is 24.4 Å². The second kappa shape index (κ2) is 10.7. The summed E-state index contributed by atoms with van der Waals surface area (Å²) in [6.07, 6.45) is -3.73.